The monoisotopic (exact) mass is 426 g/mol. The number of benzene rings is 1. The van der Waals surface area contributed by atoms with E-state index in [1.807, 2.05) is 13.8 Å². The molecule has 0 aromatic heterocycles. The summed E-state index contributed by atoms with van der Waals surface area (Å²) < 4.78 is 11.4. The van der Waals surface area contributed by atoms with Crippen molar-refractivity contribution < 1.29 is 19.1 Å². The lowest BCUT2D eigenvalue weighted by atomic mass is 10.2. The van der Waals surface area contributed by atoms with Gasteiger partial charge < -0.3 is 19.3 Å². The summed E-state index contributed by atoms with van der Waals surface area (Å²) in [6.45, 7) is 6.01. The standard InChI is InChI=1S/C20H24Cl2N2O4/c1-20(2)27-13-15(28-20)12-24-10-9-23(8-7-19(24)26)18(25)6-4-14-3-5-16(21)17(22)11-14/h3-6,11,15H,7-10,12-13H2,1-2H3/t15-/m1/s1. The highest BCUT2D eigenvalue weighted by Crippen LogP contribution is 2.24. The van der Waals surface area contributed by atoms with Gasteiger partial charge >= 0.3 is 0 Å². The first kappa shape index (κ1) is 21.1. The molecule has 1 atom stereocenters. The maximum absolute atomic E-state index is 12.5. The fraction of sp³-hybridized carbons (Fsp3) is 0.500. The molecule has 0 aliphatic carbocycles. The van der Waals surface area contributed by atoms with E-state index in [0.29, 0.717) is 49.3 Å². The molecule has 0 unspecified atom stereocenters. The van der Waals surface area contributed by atoms with Gasteiger partial charge in [0.05, 0.1) is 16.7 Å². The van der Waals surface area contributed by atoms with Crippen molar-refractivity contribution in [1.82, 2.24) is 9.80 Å². The van der Waals surface area contributed by atoms with Crippen LogP contribution in [0, 0.1) is 0 Å². The maximum atomic E-state index is 12.5. The molecule has 8 heteroatoms. The number of carbonyl (C=O) groups is 2. The summed E-state index contributed by atoms with van der Waals surface area (Å²) in [5.74, 6) is -0.726. The molecule has 1 aromatic rings. The predicted molar refractivity (Wildman–Crippen MR) is 108 cm³/mol. The molecule has 28 heavy (non-hydrogen) atoms. The van der Waals surface area contributed by atoms with Crippen LogP contribution in [0.25, 0.3) is 6.08 Å². The highest BCUT2D eigenvalue weighted by atomic mass is 35.5. The Kier molecular flexibility index (Phi) is 6.65. The number of carbonyl (C=O) groups excluding carboxylic acids is 2. The first-order valence-electron chi connectivity index (χ1n) is 9.25. The summed E-state index contributed by atoms with van der Waals surface area (Å²) in [7, 11) is 0. The van der Waals surface area contributed by atoms with E-state index < -0.39 is 5.79 Å². The van der Waals surface area contributed by atoms with Crippen molar-refractivity contribution in [2.75, 3.05) is 32.8 Å². The van der Waals surface area contributed by atoms with Crippen LogP contribution in [0.2, 0.25) is 10.0 Å². The van der Waals surface area contributed by atoms with E-state index in [0.717, 1.165) is 5.56 Å². The molecule has 6 nitrogen and oxygen atoms in total. The Labute approximate surface area is 175 Å². The maximum Gasteiger partial charge on any atom is 0.246 e. The van der Waals surface area contributed by atoms with Gasteiger partial charge in [0, 0.05) is 38.7 Å². The Morgan fingerprint density at radius 3 is 2.71 bits per heavy atom. The Bertz CT molecular complexity index is 781. The van der Waals surface area contributed by atoms with Crippen LogP contribution in [-0.4, -0.2) is 66.3 Å². The molecule has 2 saturated heterocycles. The predicted octanol–water partition coefficient (Wildman–Crippen LogP) is 3.22. The van der Waals surface area contributed by atoms with Crippen LogP contribution in [-0.2, 0) is 19.1 Å². The molecule has 3 rings (SSSR count). The summed E-state index contributed by atoms with van der Waals surface area (Å²) in [5, 5.41) is 0.907. The molecule has 2 fully saturated rings. The van der Waals surface area contributed by atoms with Crippen LogP contribution in [0.1, 0.15) is 25.8 Å². The Morgan fingerprint density at radius 2 is 2.04 bits per heavy atom. The van der Waals surface area contributed by atoms with E-state index in [1.54, 1.807) is 34.1 Å². The fourth-order valence-electron chi connectivity index (χ4n) is 3.27. The van der Waals surface area contributed by atoms with Gasteiger partial charge in [-0.1, -0.05) is 29.3 Å². The van der Waals surface area contributed by atoms with Crippen LogP contribution >= 0.6 is 23.2 Å². The Hall–Kier alpha value is -1.60. The van der Waals surface area contributed by atoms with E-state index in [-0.39, 0.29) is 17.9 Å². The van der Waals surface area contributed by atoms with Crippen molar-refractivity contribution in [2.45, 2.75) is 32.2 Å². The Balaban J connectivity index is 1.56. The zero-order valence-corrected chi connectivity index (χ0v) is 17.5. The van der Waals surface area contributed by atoms with Gasteiger partial charge in [-0.3, -0.25) is 9.59 Å². The van der Waals surface area contributed by atoms with Gasteiger partial charge in [-0.05, 0) is 37.6 Å². The number of rotatable bonds is 4. The molecular formula is C20H24Cl2N2O4. The van der Waals surface area contributed by atoms with Crippen molar-refractivity contribution in [2.24, 2.45) is 0 Å². The zero-order valence-electron chi connectivity index (χ0n) is 16.0. The number of ether oxygens (including phenoxy) is 2. The highest BCUT2D eigenvalue weighted by Gasteiger charge is 2.35. The van der Waals surface area contributed by atoms with E-state index >= 15 is 0 Å². The largest absolute Gasteiger partial charge is 0.348 e. The van der Waals surface area contributed by atoms with Gasteiger partial charge in [0.25, 0.3) is 0 Å². The number of halogens is 2. The summed E-state index contributed by atoms with van der Waals surface area (Å²) in [6.07, 6.45) is 3.34. The van der Waals surface area contributed by atoms with E-state index in [2.05, 4.69) is 0 Å². The number of hydrogen-bond donors (Lipinski definition) is 0. The molecule has 2 amide bonds. The molecule has 1 aromatic carbocycles. The second-order valence-electron chi connectivity index (χ2n) is 7.37. The number of amides is 2. The second-order valence-corrected chi connectivity index (χ2v) is 8.19. The normalized spacial score (nSPS) is 22.7. The van der Waals surface area contributed by atoms with Gasteiger partial charge in [0.1, 0.15) is 6.10 Å². The summed E-state index contributed by atoms with van der Waals surface area (Å²) >= 11 is 11.9. The zero-order chi connectivity index (χ0) is 20.3. The minimum absolute atomic E-state index is 0.0251. The van der Waals surface area contributed by atoms with Gasteiger partial charge in [-0.25, -0.2) is 0 Å². The van der Waals surface area contributed by atoms with Crippen molar-refractivity contribution in [3.05, 3.63) is 39.9 Å². The van der Waals surface area contributed by atoms with Crippen molar-refractivity contribution in [3.8, 4) is 0 Å². The molecule has 0 bridgehead atoms. The molecule has 0 saturated carbocycles. The average molecular weight is 427 g/mol. The van der Waals surface area contributed by atoms with Crippen molar-refractivity contribution in [1.29, 1.82) is 0 Å². The van der Waals surface area contributed by atoms with Crippen LogP contribution in [0.15, 0.2) is 24.3 Å². The summed E-state index contributed by atoms with van der Waals surface area (Å²) in [5.41, 5.74) is 0.788. The quantitative estimate of drug-likeness (QED) is 0.693. The van der Waals surface area contributed by atoms with Crippen molar-refractivity contribution in [3.63, 3.8) is 0 Å². The third kappa shape index (κ3) is 5.47. The van der Waals surface area contributed by atoms with Crippen LogP contribution < -0.4 is 0 Å². The lowest BCUT2D eigenvalue weighted by Gasteiger charge is -2.24. The van der Waals surface area contributed by atoms with Gasteiger partial charge in [-0.2, -0.15) is 0 Å². The molecule has 0 N–H and O–H groups in total. The van der Waals surface area contributed by atoms with E-state index in [1.165, 1.54) is 6.08 Å². The van der Waals surface area contributed by atoms with Gasteiger partial charge in [0.2, 0.25) is 11.8 Å². The molecule has 0 spiro atoms. The molecular weight excluding hydrogens is 403 g/mol. The number of hydrogen-bond acceptors (Lipinski definition) is 4. The van der Waals surface area contributed by atoms with E-state index in [4.69, 9.17) is 32.7 Å². The third-order valence-corrected chi connectivity index (χ3v) is 5.49. The van der Waals surface area contributed by atoms with Crippen molar-refractivity contribution >= 4 is 41.1 Å². The molecule has 2 aliphatic heterocycles. The SMILES string of the molecule is CC1(C)OC[C@@H](CN2CCN(C(=O)C=Cc3ccc(Cl)c(Cl)c3)CCC2=O)O1. The van der Waals surface area contributed by atoms with Crippen LogP contribution in [0.4, 0.5) is 0 Å². The summed E-state index contributed by atoms with van der Waals surface area (Å²) in [6, 6.07) is 5.18. The number of nitrogens with zero attached hydrogens (tertiary/aromatic N) is 2. The lowest BCUT2D eigenvalue weighted by Crippen LogP contribution is -2.40. The Morgan fingerprint density at radius 1 is 1.25 bits per heavy atom. The third-order valence-electron chi connectivity index (χ3n) is 4.75. The minimum atomic E-state index is -0.614. The topological polar surface area (TPSA) is 59.1 Å². The summed E-state index contributed by atoms with van der Waals surface area (Å²) in [4.78, 5) is 28.4. The van der Waals surface area contributed by atoms with Crippen LogP contribution in [0.5, 0.6) is 0 Å². The molecule has 0 radical (unpaired) electrons. The molecule has 152 valence electrons. The second kappa shape index (κ2) is 8.82. The minimum Gasteiger partial charge on any atom is -0.348 e. The highest BCUT2D eigenvalue weighted by molar-refractivity contribution is 6.42. The van der Waals surface area contributed by atoms with Gasteiger partial charge in [0.15, 0.2) is 5.79 Å². The van der Waals surface area contributed by atoms with E-state index in [9.17, 15) is 9.59 Å². The smallest absolute Gasteiger partial charge is 0.246 e. The fourth-order valence-corrected chi connectivity index (χ4v) is 3.57. The van der Waals surface area contributed by atoms with Gasteiger partial charge in [-0.15, -0.1) is 0 Å². The molecule has 2 heterocycles. The first-order valence-corrected chi connectivity index (χ1v) is 10.0. The first-order chi connectivity index (χ1) is 13.2. The van der Waals surface area contributed by atoms with Crippen LogP contribution in [0.3, 0.4) is 0 Å². The lowest BCUT2D eigenvalue weighted by molar-refractivity contribution is -0.145. The average Bonchev–Trinajstić information content (AvgIpc) is 2.88. The molecule has 2 aliphatic rings.